The summed E-state index contributed by atoms with van der Waals surface area (Å²) in [7, 11) is 4.08. The Labute approximate surface area is 243 Å². The average molecular weight is 568 g/mol. The number of halogens is 1. The molecule has 2 N–H and O–H groups in total. The molecule has 8 heteroatoms. The third kappa shape index (κ3) is 7.16. The zero-order valence-corrected chi connectivity index (χ0v) is 25.1. The standard InChI is InChI=1S/C33H46FN3O4/c1-22-25(13-9-14-28(22)34)30-26(31(39)23-11-8-12-24(38)19-23)20-36(17-7-6-16-35(4)5)21-27(30)32(40)37-18-10-15-29(37)33(2,3)41/h8-9,11-14,19,26-27,29-30,38,41H,6-7,10,15-18,20-21H2,1-5H3/t26-,27+,29-,30+/m1/s1. The maximum absolute atomic E-state index is 15.0. The first-order valence-corrected chi connectivity index (χ1v) is 14.9. The van der Waals surface area contributed by atoms with Gasteiger partial charge in [0.15, 0.2) is 5.78 Å². The topological polar surface area (TPSA) is 84.3 Å². The van der Waals surface area contributed by atoms with Gasteiger partial charge in [0, 0.05) is 37.0 Å². The van der Waals surface area contributed by atoms with Crippen molar-refractivity contribution in [3.63, 3.8) is 0 Å². The quantitative estimate of drug-likeness (QED) is 0.326. The molecule has 7 nitrogen and oxygen atoms in total. The van der Waals surface area contributed by atoms with Gasteiger partial charge in [-0.05, 0) is 103 Å². The van der Waals surface area contributed by atoms with E-state index in [0.29, 0.717) is 42.7 Å². The Bertz CT molecular complexity index is 1230. The number of carbonyl (C=O) groups is 2. The highest BCUT2D eigenvalue weighted by Gasteiger charge is 2.49. The van der Waals surface area contributed by atoms with Crippen LogP contribution < -0.4 is 0 Å². The Morgan fingerprint density at radius 2 is 1.78 bits per heavy atom. The molecule has 2 aromatic rings. The summed E-state index contributed by atoms with van der Waals surface area (Å²) in [5.41, 5.74) is 0.440. The zero-order valence-electron chi connectivity index (χ0n) is 25.1. The van der Waals surface area contributed by atoms with Crippen molar-refractivity contribution in [3.8, 4) is 5.75 Å². The van der Waals surface area contributed by atoms with Crippen LogP contribution in [0, 0.1) is 24.6 Å². The van der Waals surface area contributed by atoms with Crippen LogP contribution in [0.2, 0.25) is 0 Å². The second-order valence-corrected chi connectivity index (χ2v) is 12.7. The number of hydrogen-bond donors (Lipinski definition) is 2. The minimum absolute atomic E-state index is 0.00315. The number of Topliss-reactive ketones (excluding diaryl/α,β-unsaturated/α-hetero) is 1. The summed E-state index contributed by atoms with van der Waals surface area (Å²) in [5.74, 6) is -2.36. The SMILES string of the molecule is Cc1c(F)cccc1[C@@H]1[C@@H](C(=O)N2CCC[C@@H]2C(C)(C)O)CN(CCCCN(C)C)C[C@H]1C(=O)c1cccc(O)c1. The molecule has 4 atom stereocenters. The summed E-state index contributed by atoms with van der Waals surface area (Å²) in [4.78, 5) is 34.9. The number of ketones is 1. The lowest BCUT2D eigenvalue weighted by atomic mass is 9.69. The Kier molecular flexibility index (Phi) is 9.88. The van der Waals surface area contributed by atoms with Gasteiger partial charge in [-0.3, -0.25) is 9.59 Å². The highest BCUT2D eigenvalue weighted by molar-refractivity contribution is 5.99. The molecule has 0 bridgehead atoms. The molecule has 224 valence electrons. The van der Waals surface area contributed by atoms with Crippen LogP contribution in [-0.2, 0) is 4.79 Å². The van der Waals surface area contributed by atoms with Gasteiger partial charge < -0.3 is 24.9 Å². The zero-order chi connectivity index (χ0) is 29.9. The maximum Gasteiger partial charge on any atom is 0.227 e. The molecule has 0 radical (unpaired) electrons. The number of piperidine rings is 1. The van der Waals surface area contributed by atoms with Crippen molar-refractivity contribution >= 4 is 11.7 Å². The van der Waals surface area contributed by atoms with Gasteiger partial charge in [0.05, 0.1) is 17.6 Å². The summed E-state index contributed by atoms with van der Waals surface area (Å²) in [6.07, 6.45) is 3.43. The van der Waals surface area contributed by atoms with Crippen LogP contribution in [0.5, 0.6) is 5.75 Å². The molecule has 41 heavy (non-hydrogen) atoms. The molecule has 0 spiro atoms. The number of rotatable bonds is 10. The summed E-state index contributed by atoms with van der Waals surface area (Å²) in [6, 6.07) is 10.9. The van der Waals surface area contributed by atoms with Crippen LogP contribution in [0.25, 0.3) is 0 Å². The molecular formula is C33H46FN3O4. The minimum atomic E-state index is -1.06. The molecule has 4 rings (SSSR count). The molecule has 0 saturated carbocycles. The van der Waals surface area contributed by atoms with Gasteiger partial charge in [-0.2, -0.15) is 0 Å². The first-order valence-electron chi connectivity index (χ1n) is 14.9. The van der Waals surface area contributed by atoms with Crippen LogP contribution in [-0.4, -0.2) is 95.1 Å². The molecule has 2 aliphatic rings. The van der Waals surface area contributed by atoms with E-state index in [1.54, 1.807) is 43.9 Å². The van der Waals surface area contributed by atoms with Crippen molar-refractivity contribution in [3.05, 3.63) is 65.0 Å². The Balaban J connectivity index is 1.78. The van der Waals surface area contributed by atoms with Crippen molar-refractivity contribution in [2.75, 3.05) is 46.8 Å². The second-order valence-electron chi connectivity index (χ2n) is 12.7. The molecule has 2 fully saturated rings. The van der Waals surface area contributed by atoms with Crippen molar-refractivity contribution in [1.82, 2.24) is 14.7 Å². The number of likely N-dealkylation sites (tertiary alicyclic amines) is 2. The van der Waals surface area contributed by atoms with Gasteiger partial charge in [0.25, 0.3) is 0 Å². The monoisotopic (exact) mass is 567 g/mol. The smallest absolute Gasteiger partial charge is 0.227 e. The molecular weight excluding hydrogens is 521 g/mol. The van der Waals surface area contributed by atoms with Gasteiger partial charge in [-0.15, -0.1) is 0 Å². The molecule has 2 aliphatic heterocycles. The molecule has 2 aromatic carbocycles. The van der Waals surface area contributed by atoms with Gasteiger partial charge in [-0.1, -0.05) is 24.3 Å². The normalized spacial score (nSPS) is 23.8. The van der Waals surface area contributed by atoms with Crippen molar-refractivity contribution < 1.29 is 24.2 Å². The highest BCUT2D eigenvalue weighted by atomic mass is 19.1. The van der Waals surface area contributed by atoms with Crippen molar-refractivity contribution in [2.45, 2.75) is 64.0 Å². The summed E-state index contributed by atoms with van der Waals surface area (Å²) >= 11 is 0. The first-order chi connectivity index (χ1) is 19.4. The van der Waals surface area contributed by atoms with E-state index in [4.69, 9.17) is 0 Å². The molecule has 0 unspecified atom stereocenters. The number of unbranched alkanes of at least 4 members (excludes halogenated alkanes) is 1. The van der Waals surface area contributed by atoms with E-state index >= 15 is 0 Å². The first kappa shape index (κ1) is 31.1. The summed E-state index contributed by atoms with van der Waals surface area (Å²) < 4.78 is 15.0. The number of carbonyl (C=O) groups excluding carboxylic acids is 2. The molecule has 2 heterocycles. The Morgan fingerprint density at radius 1 is 1.07 bits per heavy atom. The van der Waals surface area contributed by atoms with Gasteiger partial charge in [0.1, 0.15) is 11.6 Å². The lowest BCUT2D eigenvalue weighted by Crippen LogP contribution is -2.56. The van der Waals surface area contributed by atoms with Crippen molar-refractivity contribution in [2.24, 2.45) is 11.8 Å². The van der Waals surface area contributed by atoms with Crippen LogP contribution in [0.1, 0.15) is 66.9 Å². The van der Waals surface area contributed by atoms with E-state index in [-0.39, 0.29) is 29.3 Å². The largest absolute Gasteiger partial charge is 0.508 e. The minimum Gasteiger partial charge on any atom is -0.508 e. The van der Waals surface area contributed by atoms with E-state index in [1.165, 1.54) is 18.2 Å². The van der Waals surface area contributed by atoms with Crippen molar-refractivity contribution in [1.29, 1.82) is 0 Å². The predicted octanol–water partition coefficient (Wildman–Crippen LogP) is 4.46. The van der Waals surface area contributed by atoms with E-state index in [1.807, 2.05) is 20.2 Å². The van der Waals surface area contributed by atoms with Gasteiger partial charge in [0.2, 0.25) is 5.91 Å². The number of phenols is 1. The number of nitrogens with zero attached hydrogens (tertiary/aromatic N) is 3. The predicted molar refractivity (Wildman–Crippen MR) is 159 cm³/mol. The Morgan fingerprint density at radius 3 is 2.46 bits per heavy atom. The highest BCUT2D eigenvalue weighted by Crippen LogP contribution is 2.43. The van der Waals surface area contributed by atoms with E-state index in [0.717, 1.165) is 32.4 Å². The number of aromatic hydroxyl groups is 1. The fourth-order valence-corrected chi connectivity index (χ4v) is 6.83. The molecule has 1 amide bonds. The fourth-order valence-electron chi connectivity index (χ4n) is 6.83. The van der Waals surface area contributed by atoms with E-state index in [9.17, 15) is 24.2 Å². The van der Waals surface area contributed by atoms with E-state index < -0.39 is 23.4 Å². The number of benzene rings is 2. The lowest BCUT2D eigenvalue weighted by molar-refractivity contribution is -0.144. The summed E-state index contributed by atoms with van der Waals surface area (Å²) in [6.45, 7) is 8.33. The van der Waals surface area contributed by atoms with Crippen LogP contribution in [0.4, 0.5) is 4.39 Å². The number of hydrogen-bond acceptors (Lipinski definition) is 6. The molecule has 0 aromatic heterocycles. The van der Waals surface area contributed by atoms with Gasteiger partial charge >= 0.3 is 0 Å². The lowest BCUT2D eigenvalue weighted by Gasteiger charge is -2.46. The second kappa shape index (κ2) is 13.0. The third-order valence-electron chi connectivity index (χ3n) is 8.91. The Hall–Kier alpha value is -2.81. The van der Waals surface area contributed by atoms with Crippen LogP contribution >= 0.6 is 0 Å². The van der Waals surface area contributed by atoms with Gasteiger partial charge in [-0.25, -0.2) is 4.39 Å². The van der Waals surface area contributed by atoms with Crippen LogP contribution in [0.15, 0.2) is 42.5 Å². The molecule has 2 saturated heterocycles. The number of aliphatic hydroxyl groups is 1. The van der Waals surface area contributed by atoms with E-state index in [2.05, 4.69) is 9.80 Å². The number of phenolic OH excluding ortho intramolecular Hbond substituents is 1. The number of amides is 1. The average Bonchev–Trinajstić information content (AvgIpc) is 3.42. The van der Waals surface area contributed by atoms with Crippen LogP contribution in [0.3, 0.4) is 0 Å². The third-order valence-corrected chi connectivity index (χ3v) is 8.91. The summed E-state index contributed by atoms with van der Waals surface area (Å²) in [5, 5.41) is 21.1. The molecule has 0 aliphatic carbocycles. The maximum atomic E-state index is 15.0. The fraction of sp³-hybridized carbons (Fsp3) is 0.576.